The van der Waals surface area contributed by atoms with Crippen LogP contribution in [-0.4, -0.2) is 5.91 Å². The molecule has 0 saturated heterocycles. The molecule has 0 aromatic heterocycles. The Morgan fingerprint density at radius 1 is 1.19 bits per heavy atom. The van der Waals surface area contributed by atoms with Crippen LogP contribution < -0.4 is 5.32 Å². The molecular formula is C16H12F2N2O. The largest absolute Gasteiger partial charge is 0.345 e. The Morgan fingerprint density at radius 2 is 1.86 bits per heavy atom. The van der Waals surface area contributed by atoms with Crippen molar-refractivity contribution in [2.24, 2.45) is 0 Å². The van der Waals surface area contributed by atoms with Crippen molar-refractivity contribution in [3.8, 4) is 6.07 Å². The van der Waals surface area contributed by atoms with Crippen molar-refractivity contribution < 1.29 is 13.6 Å². The summed E-state index contributed by atoms with van der Waals surface area (Å²) in [6.45, 7) is 1.61. The maximum atomic E-state index is 13.6. The number of nitrogens with one attached hydrogen (secondary N) is 1. The first-order chi connectivity index (χ1) is 10.0. The molecule has 1 atom stereocenters. The van der Waals surface area contributed by atoms with Gasteiger partial charge in [0.05, 0.1) is 17.7 Å². The number of amides is 1. The average Bonchev–Trinajstić information content (AvgIpc) is 2.47. The van der Waals surface area contributed by atoms with Gasteiger partial charge in [-0.15, -0.1) is 0 Å². The number of halogens is 2. The van der Waals surface area contributed by atoms with Gasteiger partial charge in [0.15, 0.2) is 0 Å². The maximum Gasteiger partial charge on any atom is 0.251 e. The molecular weight excluding hydrogens is 274 g/mol. The van der Waals surface area contributed by atoms with E-state index in [0.717, 1.165) is 12.1 Å². The van der Waals surface area contributed by atoms with Crippen molar-refractivity contribution in [2.75, 3.05) is 0 Å². The van der Waals surface area contributed by atoms with E-state index in [0.29, 0.717) is 11.1 Å². The van der Waals surface area contributed by atoms with Gasteiger partial charge in [0.1, 0.15) is 11.6 Å². The summed E-state index contributed by atoms with van der Waals surface area (Å²) >= 11 is 0. The minimum atomic E-state index is -0.706. The zero-order chi connectivity index (χ0) is 15.4. The van der Waals surface area contributed by atoms with E-state index in [1.807, 2.05) is 6.07 Å². The highest BCUT2D eigenvalue weighted by atomic mass is 19.1. The minimum Gasteiger partial charge on any atom is -0.345 e. The first-order valence-electron chi connectivity index (χ1n) is 6.27. The van der Waals surface area contributed by atoms with Crippen LogP contribution in [0.25, 0.3) is 0 Å². The van der Waals surface area contributed by atoms with Crippen LogP contribution in [0.2, 0.25) is 0 Å². The van der Waals surface area contributed by atoms with Crippen LogP contribution in [0.1, 0.15) is 34.5 Å². The lowest BCUT2D eigenvalue weighted by molar-refractivity contribution is 0.0939. The van der Waals surface area contributed by atoms with Crippen LogP contribution in [-0.2, 0) is 0 Å². The smallest absolute Gasteiger partial charge is 0.251 e. The van der Waals surface area contributed by atoms with E-state index in [-0.39, 0.29) is 5.56 Å². The lowest BCUT2D eigenvalue weighted by atomic mass is 10.1. The van der Waals surface area contributed by atoms with Crippen molar-refractivity contribution >= 4 is 5.91 Å². The number of benzene rings is 2. The van der Waals surface area contributed by atoms with Gasteiger partial charge in [-0.3, -0.25) is 4.79 Å². The van der Waals surface area contributed by atoms with Crippen molar-refractivity contribution in [2.45, 2.75) is 13.0 Å². The van der Waals surface area contributed by atoms with Crippen LogP contribution in [0.3, 0.4) is 0 Å². The molecule has 21 heavy (non-hydrogen) atoms. The highest BCUT2D eigenvalue weighted by Crippen LogP contribution is 2.18. The molecule has 0 saturated carbocycles. The summed E-state index contributed by atoms with van der Waals surface area (Å²) in [5.41, 5.74) is 1.02. The molecule has 0 aliphatic carbocycles. The van der Waals surface area contributed by atoms with Crippen molar-refractivity contribution in [3.05, 3.63) is 70.8 Å². The van der Waals surface area contributed by atoms with Gasteiger partial charge >= 0.3 is 0 Å². The lowest BCUT2D eigenvalue weighted by Crippen LogP contribution is -2.27. The summed E-state index contributed by atoms with van der Waals surface area (Å²) in [6.07, 6.45) is 0. The maximum absolute atomic E-state index is 13.6. The van der Waals surface area contributed by atoms with Gasteiger partial charge in [-0.05, 0) is 37.3 Å². The number of nitrogens with zero attached hydrogens (tertiary/aromatic N) is 1. The Hall–Kier alpha value is -2.74. The number of carbonyl (C=O) groups excluding carboxylic acids is 1. The number of rotatable bonds is 3. The molecule has 0 heterocycles. The minimum absolute atomic E-state index is 0.207. The normalized spacial score (nSPS) is 11.5. The van der Waals surface area contributed by atoms with Crippen LogP contribution in [0, 0.1) is 23.0 Å². The molecule has 2 rings (SSSR count). The zero-order valence-corrected chi connectivity index (χ0v) is 11.2. The molecule has 106 valence electrons. The second-order valence-electron chi connectivity index (χ2n) is 4.55. The van der Waals surface area contributed by atoms with Crippen molar-refractivity contribution in [1.82, 2.24) is 5.32 Å². The molecule has 0 unspecified atom stereocenters. The average molecular weight is 286 g/mol. The Kier molecular flexibility index (Phi) is 4.29. The highest BCUT2D eigenvalue weighted by Gasteiger charge is 2.15. The Morgan fingerprint density at radius 3 is 2.43 bits per heavy atom. The summed E-state index contributed by atoms with van der Waals surface area (Å²) in [5.74, 6) is -1.76. The molecule has 0 aliphatic rings. The third kappa shape index (κ3) is 3.42. The third-order valence-corrected chi connectivity index (χ3v) is 3.05. The molecule has 0 bridgehead atoms. The van der Waals surface area contributed by atoms with Crippen LogP contribution in [0.4, 0.5) is 8.78 Å². The van der Waals surface area contributed by atoms with Gasteiger partial charge in [-0.25, -0.2) is 8.78 Å². The second kappa shape index (κ2) is 6.14. The van der Waals surface area contributed by atoms with Crippen molar-refractivity contribution in [3.63, 3.8) is 0 Å². The SMILES string of the molecule is C[C@H](NC(=O)c1ccc(C#N)cc1)c1ccc(F)cc1F. The monoisotopic (exact) mass is 286 g/mol. The van der Waals surface area contributed by atoms with E-state index in [1.165, 1.54) is 30.3 Å². The van der Waals surface area contributed by atoms with Gasteiger partial charge in [0.2, 0.25) is 0 Å². The van der Waals surface area contributed by atoms with Crippen LogP contribution in [0.5, 0.6) is 0 Å². The first-order valence-corrected chi connectivity index (χ1v) is 6.27. The summed E-state index contributed by atoms with van der Waals surface area (Å²) in [6, 6.07) is 10.7. The van der Waals surface area contributed by atoms with Crippen LogP contribution in [0.15, 0.2) is 42.5 Å². The van der Waals surface area contributed by atoms with E-state index < -0.39 is 23.6 Å². The first kappa shape index (κ1) is 14.7. The van der Waals surface area contributed by atoms with Crippen LogP contribution >= 0.6 is 0 Å². The predicted octanol–water partition coefficient (Wildman–Crippen LogP) is 3.33. The topological polar surface area (TPSA) is 52.9 Å². The highest BCUT2D eigenvalue weighted by molar-refractivity contribution is 5.94. The van der Waals surface area contributed by atoms with E-state index >= 15 is 0 Å². The fourth-order valence-corrected chi connectivity index (χ4v) is 1.91. The Bertz CT molecular complexity index is 705. The quantitative estimate of drug-likeness (QED) is 0.941. The fraction of sp³-hybridized carbons (Fsp3) is 0.125. The predicted molar refractivity (Wildman–Crippen MR) is 73.4 cm³/mol. The van der Waals surface area contributed by atoms with E-state index in [4.69, 9.17) is 5.26 Å². The van der Waals surface area contributed by atoms with E-state index in [1.54, 1.807) is 6.92 Å². The molecule has 0 fully saturated rings. The molecule has 3 nitrogen and oxygen atoms in total. The van der Waals surface area contributed by atoms with Gasteiger partial charge in [-0.2, -0.15) is 5.26 Å². The summed E-state index contributed by atoms with van der Waals surface area (Å²) in [7, 11) is 0. The van der Waals surface area contributed by atoms with Gasteiger partial charge in [0, 0.05) is 17.2 Å². The van der Waals surface area contributed by atoms with E-state index in [9.17, 15) is 13.6 Å². The zero-order valence-electron chi connectivity index (χ0n) is 11.2. The molecule has 5 heteroatoms. The second-order valence-corrected chi connectivity index (χ2v) is 4.55. The Labute approximate surface area is 120 Å². The number of hydrogen-bond donors (Lipinski definition) is 1. The molecule has 1 amide bonds. The molecule has 0 radical (unpaired) electrons. The lowest BCUT2D eigenvalue weighted by Gasteiger charge is -2.15. The standard InChI is InChI=1S/C16H12F2N2O/c1-10(14-7-6-13(17)8-15(14)18)20-16(21)12-4-2-11(9-19)3-5-12/h2-8,10H,1H3,(H,20,21)/t10-/m0/s1. The molecule has 0 aliphatic heterocycles. The number of hydrogen-bond acceptors (Lipinski definition) is 2. The third-order valence-electron chi connectivity index (χ3n) is 3.05. The molecule has 0 spiro atoms. The van der Waals surface area contributed by atoms with Gasteiger partial charge in [0.25, 0.3) is 5.91 Å². The number of nitriles is 1. The van der Waals surface area contributed by atoms with Crippen molar-refractivity contribution in [1.29, 1.82) is 5.26 Å². The fourth-order valence-electron chi connectivity index (χ4n) is 1.91. The molecule has 2 aromatic rings. The number of carbonyl (C=O) groups is 1. The Balaban J connectivity index is 2.13. The van der Waals surface area contributed by atoms with Gasteiger partial charge in [-0.1, -0.05) is 6.07 Å². The molecule has 2 aromatic carbocycles. The summed E-state index contributed by atoms with van der Waals surface area (Å²) in [5, 5.41) is 11.3. The summed E-state index contributed by atoms with van der Waals surface area (Å²) < 4.78 is 26.5. The van der Waals surface area contributed by atoms with E-state index in [2.05, 4.69) is 5.32 Å². The summed E-state index contributed by atoms with van der Waals surface area (Å²) in [4.78, 5) is 12.0. The molecule has 1 N–H and O–H groups in total. The van der Waals surface area contributed by atoms with Gasteiger partial charge < -0.3 is 5.32 Å².